The molecular formula is C28H28N2O6. The van der Waals surface area contributed by atoms with Gasteiger partial charge in [0, 0.05) is 24.2 Å². The van der Waals surface area contributed by atoms with Crippen LogP contribution in [0.2, 0.25) is 0 Å². The van der Waals surface area contributed by atoms with Gasteiger partial charge in [-0.15, -0.1) is 0 Å². The first-order valence-corrected chi connectivity index (χ1v) is 11.7. The standard InChI is InChI=1S/C28H28N2O6/c1-19-6-3-4-7-25(19)35-17-24(31)20-9-14-26-23(16-20)30(28(33)18-36-26)15-5-8-27(32)29-21-10-12-22(34-2)13-11-21/h3-4,6-7,9-14,16H,5,8,15,17-18H2,1-2H3,(H,29,32). The predicted molar refractivity (Wildman–Crippen MR) is 136 cm³/mol. The molecule has 2 amide bonds. The van der Waals surface area contributed by atoms with Crippen LogP contribution in [0.1, 0.15) is 28.8 Å². The number of hydrogen-bond acceptors (Lipinski definition) is 6. The summed E-state index contributed by atoms with van der Waals surface area (Å²) in [6.45, 7) is 2.03. The lowest BCUT2D eigenvalue weighted by molar-refractivity contribution is -0.121. The molecular weight excluding hydrogens is 460 g/mol. The number of rotatable bonds is 10. The molecule has 36 heavy (non-hydrogen) atoms. The molecule has 0 bridgehead atoms. The highest BCUT2D eigenvalue weighted by Gasteiger charge is 2.26. The number of aryl methyl sites for hydroxylation is 1. The van der Waals surface area contributed by atoms with Crippen molar-refractivity contribution in [1.82, 2.24) is 0 Å². The van der Waals surface area contributed by atoms with E-state index >= 15 is 0 Å². The topological polar surface area (TPSA) is 94.2 Å². The second-order valence-corrected chi connectivity index (χ2v) is 8.37. The molecule has 0 unspecified atom stereocenters. The van der Waals surface area contributed by atoms with E-state index in [-0.39, 0.29) is 37.2 Å². The number of para-hydroxylation sites is 1. The third kappa shape index (κ3) is 6.02. The van der Waals surface area contributed by atoms with Crippen LogP contribution >= 0.6 is 0 Å². The van der Waals surface area contributed by atoms with Crippen LogP contribution in [0.25, 0.3) is 0 Å². The third-order valence-corrected chi connectivity index (χ3v) is 5.84. The predicted octanol–water partition coefficient (Wildman–Crippen LogP) is 4.41. The molecule has 0 aliphatic carbocycles. The first-order chi connectivity index (χ1) is 17.4. The minimum atomic E-state index is -0.223. The Kier molecular flexibility index (Phi) is 7.85. The van der Waals surface area contributed by atoms with Crippen molar-refractivity contribution in [2.45, 2.75) is 19.8 Å². The molecule has 1 heterocycles. The minimum Gasteiger partial charge on any atom is -0.497 e. The average Bonchev–Trinajstić information content (AvgIpc) is 2.89. The Morgan fingerprint density at radius 3 is 2.58 bits per heavy atom. The minimum absolute atomic E-state index is 0.0886. The normalized spacial score (nSPS) is 12.4. The van der Waals surface area contributed by atoms with Crippen LogP contribution < -0.4 is 24.4 Å². The van der Waals surface area contributed by atoms with E-state index < -0.39 is 0 Å². The number of methoxy groups -OCH3 is 1. The van der Waals surface area contributed by atoms with Gasteiger partial charge in [0.1, 0.15) is 17.2 Å². The summed E-state index contributed by atoms with van der Waals surface area (Å²) >= 11 is 0. The summed E-state index contributed by atoms with van der Waals surface area (Å²) in [5, 5.41) is 2.84. The lowest BCUT2D eigenvalue weighted by Gasteiger charge is -2.29. The first-order valence-electron chi connectivity index (χ1n) is 11.7. The van der Waals surface area contributed by atoms with Crippen molar-refractivity contribution in [3.05, 3.63) is 77.9 Å². The fourth-order valence-corrected chi connectivity index (χ4v) is 3.86. The number of amides is 2. The van der Waals surface area contributed by atoms with E-state index in [9.17, 15) is 14.4 Å². The van der Waals surface area contributed by atoms with Crippen molar-refractivity contribution in [3.8, 4) is 17.2 Å². The van der Waals surface area contributed by atoms with Gasteiger partial charge in [-0.05, 0) is 67.4 Å². The highest BCUT2D eigenvalue weighted by atomic mass is 16.5. The van der Waals surface area contributed by atoms with Crippen LogP contribution in [-0.4, -0.2) is 44.5 Å². The van der Waals surface area contributed by atoms with Crippen LogP contribution in [0.15, 0.2) is 66.7 Å². The number of carbonyl (C=O) groups is 3. The van der Waals surface area contributed by atoms with Crippen LogP contribution in [0, 0.1) is 6.92 Å². The Bertz CT molecular complexity index is 1260. The lowest BCUT2D eigenvalue weighted by Crippen LogP contribution is -2.39. The Hall–Kier alpha value is -4.33. The molecule has 8 nitrogen and oxygen atoms in total. The highest BCUT2D eigenvalue weighted by Crippen LogP contribution is 2.33. The zero-order valence-corrected chi connectivity index (χ0v) is 20.3. The molecule has 0 saturated heterocycles. The maximum absolute atomic E-state index is 12.8. The van der Waals surface area contributed by atoms with Gasteiger partial charge in [0.25, 0.3) is 5.91 Å². The van der Waals surface area contributed by atoms with E-state index in [1.54, 1.807) is 54.5 Å². The van der Waals surface area contributed by atoms with Crippen molar-refractivity contribution in [2.24, 2.45) is 0 Å². The third-order valence-electron chi connectivity index (χ3n) is 5.84. The van der Waals surface area contributed by atoms with Crippen molar-refractivity contribution in [2.75, 3.05) is 37.1 Å². The van der Waals surface area contributed by atoms with Gasteiger partial charge in [0.05, 0.1) is 12.8 Å². The second kappa shape index (κ2) is 11.4. The lowest BCUT2D eigenvalue weighted by atomic mass is 10.1. The molecule has 0 aromatic heterocycles. The van der Waals surface area contributed by atoms with Crippen LogP contribution in [0.3, 0.4) is 0 Å². The van der Waals surface area contributed by atoms with E-state index in [2.05, 4.69) is 5.32 Å². The molecule has 3 aromatic carbocycles. The van der Waals surface area contributed by atoms with Gasteiger partial charge in [-0.2, -0.15) is 0 Å². The monoisotopic (exact) mass is 488 g/mol. The molecule has 0 radical (unpaired) electrons. The molecule has 1 aliphatic heterocycles. The largest absolute Gasteiger partial charge is 0.497 e. The van der Waals surface area contributed by atoms with Crippen LogP contribution in [0.5, 0.6) is 17.2 Å². The molecule has 186 valence electrons. The van der Waals surface area contributed by atoms with Crippen LogP contribution in [0.4, 0.5) is 11.4 Å². The number of ether oxygens (including phenoxy) is 3. The van der Waals surface area contributed by atoms with Crippen molar-refractivity contribution in [3.63, 3.8) is 0 Å². The van der Waals surface area contributed by atoms with E-state index in [4.69, 9.17) is 14.2 Å². The van der Waals surface area contributed by atoms with E-state index in [0.717, 1.165) is 5.56 Å². The van der Waals surface area contributed by atoms with Gasteiger partial charge in [0.15, 0.2) is 19.0 Å². The summed E-state index contributed by atoms with van der Waals surface area (Å²) in [4.78, 5) is 39.3. The number of nitrogens with one attached hydrogen (secondary N) is 1. The molecule has 0 spiro atoms. The van der Waals surface area contributed by atoms with Gasteiger partial charge in [0.2, 0.25) is 5.91 Å². The summed E-state index contributed by atoms with van der Waals surface area (Å²) in [5.74, 6) is 1.29. The van der Waals surface area contributed by atoms with Crippen molar-refractivity contribution in [1.29, 1.82) is 0 Å². The maximum Gasteiger partial charge on any atom is 0.265 e. The van der Waals surface area contributed by atoms with Gasteiger partial charge in [-0.25, -0.2) is 0 Å². The number of Topliss-reactive ketones (excluding diaryl/α,β-unsaturated/α-hetero) is 1. The van der Waals surface area contributed by atoms with Gasteiger partial charge in [-0.3, -0.25) is 14.4 Å². The number of benzene rings is 3. The number of nitrogens with zero attached hydrogens (tertiary/aromatic N) is 1. The first kappa shape index (κ1) is 24.8. The molecule has 0 atom stereocenters. The van der Waals surface area contributed by atoms with Crippen LogP contribution in [-0.2, 0) is 9.59 Å². The van der Waals surface area contributed by atoms with E-state index in [1.807, 2.05) is 31.2 Å². The van der Waals surface area contributed by atoms with Crippen molar-refractivity contribution < 1.29 is 28.6 Å². The number of carbonyl (C=O) groups excluding carboxylic acids is 3. The molecule has 0 fully saturated rings. The van der Waals surface area contributed by atoms with Gasteiger partial charge < -0.3 is 24.4 Å². The maximum atomic E-state index is 12.8. The van der Waals surface area contributed by atoms with Gasteiger partial charge in [-0.1, -0.05) is 18.2 Å². The number of ketones is 1. The molecule has 0 saturated carbocycles. The van der Waals surface area contributed by atoms with Crippen molar-refractivity contribution >= 4 is 29.0 Å². The number of anilines is 2. The van der Waals surface area contributed by atoms with E-state index in [0.29, 0.717) is 47.2 Å². The van der Waals surface area contributed by atoms with E-state index in [1.165, 1.54) is 0 Å². The smallest absolute Gasteiger partial charge is 0.265 e. The zero-order valence-electron chi connectivity index (χ0n) is 20.3. The Morgan fingerprint density at radius 2 is 1.83 bits per heavy atom. The Balaban J connectivity index is 1.36. The number of hydrogen-bond donors (Lipinski definition) is 1. The fourth-order valence-electron chi connectivity index (χ4n) is 3.86. The quantitative estimate of drug-likeness (QED) is 0.425. The highest BCUT2D eigenvalue weighted by molar-refractivity contribution is 6.02. The average molecular weight is 489 g/mol. The summed E-state index contributed by atoms with van der Waals surface area (Å²) < 4.78 is 16.4. The summed E-state index contributed by atoms with van der Waals surface area (Å²) in [6, 6.07) is 19.5. The molecule has 1 aliphatic rings. The summed E-state index contributed by atoms with van der Waals surface area (Å²) in [5.41, 5.74) is 2.55. The molecule has 4 rings (SSSR count). The number of fused-ring (bicyclic) bond motifs is 1. The molecule has 3 aromatic rings. The molecule has 8 heteroatoms. The second-order valence-electron chi connectivity index (χ2n) is 8.37. The van der Waals surface area contributed by atoms with Gasteiger partial charge >= 0.3 is 0 Å². The SMILES string of the molecule is COc1ccc(NC(=O)CCCN2C(=O)COc3ccc(C(=O)COc4ccccc4C)cc32)cc1. The summed E-state index contributed by atoms with van der Waals surface area (Å²) in [7, 11) is 1.58. The Morgan fingerprint density at radius 1 is 1.06 bits per heavy atom. The molecule has 1 N–H and O–H groups in total. The Labute approximate surface area is 209 Å². The zero-order chi connectivity index (χ0) is 25.5. The fraction of sp³-hybridized carbons (Fsp3) is 0.250. The summed E-state index contributed by atoms with van der Waals surface area (Å²) in [6.07, 6.45) is 0.677.